The molecule has 2 aromatic rings. The maximum absolute atomic E-state index is 13.3. The molecule has 1 amide bonds. The molecule has 6 heteroatoms. The van der Waals surface area contributed by atoms with Gasteiger partial charge in [-0.1, -0.05) is 43.0 Å². The number of nitrogens with one attached hydrogen (secondary N) is 1. The van der Waals surface area contributed by atoms with E-state index in [0.717, 1.165) is 36.8 Å². The van der Waals surface area contributed by atoms with Crippen molar-refractivity contribution < 1.29 is 4.79 Å². The van der Waals surface area contributed by atoms with Gasteiger partial charge in [0.25, 0.3) is 5.91 Å². The van der Waals surface area contributed by atoms with Gasteiger partial charge in [-0.2, -0.15) is 0 Å². The summed E-state index contributed by atoms with van der Waals surface area (Å²) in [4.78, 5) is 23.2. The van der Waals surface area contributed by atoms with Crippen molar-refractivity contribution in [3.8, 4) is 0 Å². The topological polar surface area (TPSA) is 69.9 Å². The number of hydrogen-bond donors (Lipinski definition) is 1. The van der Waals surface area contributed by atoms with Gasteiger partial charge in [0.2, 0.25) is 0 Å². The first-order valence-corrected chi connectivity index (χ1v) is 10.3. The standard InChI is InChI=1S/C23H25ClN4O/c24-22-10-9-19(16-27-22)14-18-11-13-26-12-5-4-6-20(15-18)23(29)28(17-25)21-7-2-1-3-8-21/h4-6,9-13,15-17,21,25H,1-3,7-8,14H2. The van der Waals surface area contributed by atoms with Crippen molar-refractivity contribution in [2.24, 2.45) is 0 Å². The monoisotopic (exact) mass is 408 g/mol. The summed E-state index contributed by atoms with van der Waals surface area (Å²) in [5.74, 6) is -0.144. The van der Waals surface area contributed by atoms with Crippen molar-refractivity contribution >= 4 is 23.8 Å². The molecule has 0 radical (unpaired) electrons. The zero-order valence-electron chi connectivity index (χ0n) is 16.3. The van der Waals surface area contributed by atoms with Crippen molar-refractivity contribution in [2.75, 3.05) is 0 Å². The number of hydrogen-bond acceptors (Lipinski definition) is 4. The molecule has 0 aromatic carbocycles. The van der Waals surface area contributed by atoms with Crippen LogP contribution in [0, 0.1) is 5.41 Å². The summed E-state index contributed by atoms with van der Waals surface area (Å²) >= 11 is 5.88. The van der Waals surface area contributed by atoms with Gasteiger partial charge in [-0.15, -0.1) is 0 Å². The lowest BCUT2D eigenvalue weighted by Crippen LogP contribution is -2.40. The van der Waals surface area contributed by atoms with Crippen LogP contribution in [0.15, 0.2) is 61.1 Å². The molecule has 3 rings (SSSR count). The molecule has 5 nitrogen and oxygen atoms in total. The molecule has 0 bridgehead atoms. The zero-order valence-corrected chi connectivity index (χ0v) is 17.1. The third kappa shape index (κ3) is 6.09. The highest BCUT2D eigenvalue weighted by Gasteiger charge is 2.24. The van der Waals surface area contributed by atoms with Gasteiger partial charge in [-0.25, -0.2) is 4.98 Å². The summed E-state index contributed by atoms with van der Waals surface area (Å²) in [6, 6.07) is 12.9. The highest BCUT2D eigenvalue weighted by molar-refractivity contribution is 6.29. The molecule has 1 N–H and O–H groups in total. The van der Waals surface area contributed by atoms with Crippen molar-refractivity contribution in [3.63, 3.8) is 0 Å². The number of carbonyl (C=O) groups excluding carboxylic acids is 1. The summed E-state index contributed by atoms with van der Waals surface area (Å²) in [5.41, 5.74) is 2.46. The number of halogens is 1. The van der Waals surface area contributed by atoms with E-state index in [4.69, 9.17) is 17.0 Å². The fourth-order valence-corrected chi connectivity index (χ4v) is 3.68. The molecule has 29 heavy (non-hydrogen) atoms. The van der Waals surface area contributed by atoms with Crippen molar-refractivity contribution in [2.45, 2.75) is 44.6 Å². The summed E-state index contributed by atoms with van der Waals surface area (Å²) in [5, 5.41) is 8.28. The summed E-state index contributed by atoms with van der Waals surface area (Å²) < 4.78 is 0. The largest absolute Gasteiger partial charge is 0.296 e. The Kier molecular flexibility index (Phi) is 7.70. The molecule has 0 saturated heterocycles. The van der Waals surface area contributed by atoms with E-state index in [9.17, 15) is 4.79 Å². The minimum absolute atomic E-state index is 0.100. The van der Waals surface area contributed by atoms with Gasteiger partial charge in [0, 0.05) is 30.2 Å². The Morgan fingerprint density at radius 3 is 2.66 bits per heavy atom. The van der Waals surface area contributed by atoms with Crippen LogP contribution < -0.4 is 0 Å². The predicted molar refractivity (Wildman–Crippen MR) is 116 cm³/mol. The van der Waals surface area contributed by atoms with Gasteiger partial charge < -0.3 is 0 Å². The number of carbonyl (C=O) groups is 1. The Labute approximate surface area is 176 Å². The van der Waals surface area contributed by atoms with E-state index in [2.05, 4.69) is 9.97 Å². The highest BCUT2D eigenvalue weighted by Crippen LogP contribution is 2.23. The Balaban J connectivity index is 1.96. The van der Waals surface area contributed by atoms with Gasteiger partial charge in [-0.3, -0.25) is 20.1 Å². The Morgan fingerprint density at radius 1 is 1.10 bits per heavy atom. The Morgan fingerprint density at radius 2 is 1.93 bits per heavy atom. The smallest absolute Gasteiger partial charge is 0.259 e. The molecule has 1 aliphatic carbocycles. The van der Waals surface area contributed by atoms with Gasteiger partial charge in [0.15, 0.2) is 0 Å². The summed E-state index contributed by atoms with van der Waals surface area (Å²) in [6.07, 6.45) is 12.2. The lowest BCUT2D eigenvalue weighted by molar-refractivity contribution is 0.0783. The molecule has 0 unspecified atom stereocenters. The number of nitrogens with zero attached hydrogens (tertiary/aromatic N) is 3. The highest BCUT2D eigenvalue weighted by atomic mass is 35.5. The maximum Gasteiger partial charge on any atom is 0.259 e. The van der Waals surface area contributed by atoms with Crippen LogP contribution in [0.3, 0.4) is 0 Å². The van der Waals surface area contributed by atoms with Crippen LogP contribution in [-0.2, 0) is 6.42 Å². The fraction of sp³-hybridized carbons (Fsp3) is 0.304. The molecule has 0 aliphatic heterocycles. The molecular formula is C23H25ClN4O. The lowest BCUT2D eigenvalue weighted by Gasteiger charge is -2.30. The van der Waals surface area contributed by atoms with Crippen molar-refractivity contribution in [1.29, 1.82) is 5.41 Å². The van der Waals surface area contributed by atoms with Crippen LogP contribution in [-0.4, -0.2) is 33.2 Å². The van der Waals surface area contributed by atoms with E-state index < -0.39 is 0 Å². The average molecular weight is 409 g/mol. The third-order valence-electron chi connectivity index (χ3n) is 5.06. The second kappa shape index (κ2) is 10.7. The first kappa shape index (κ1) is 20.9. The van der Waals surface area contributed by atoms with Crippen LogP contribution in [0.5, 0.6) is 0 Å². The number of amides is 1. The molecule has 0 atom stereocenters. The van der Waals surface area contributed by atoms with Crippen molar-refractivity contribution in [3.05, 3.63) is 82.9 Å². The van der Waals surface area contributed by atoms with Gasteiger partial charge >= 0.3 is 0 Å². The molecule has 2 aromatic heterocycles. The molecule has 1 fully saturated rings. The molecular weight excluding hydrogens is 384 g/mol. The third-order valence-corrected chi connectivity index (χ3v) is 5.28. The van der Waals surface area contributed by atoms with Crippen LogP contribution in [0.4, 0.5) is 0 Å². The first-order chi connectivity index (χ1) is 14.2. The quantitative estimate of drug-likeness (QED) is 0.418. The minimum Gasteiger partial charge on any atom is -0.296 e. The number of aromatic nitrogens is 2. The van der Waals surface area contributed by atoms with Crippen LogP contribution in [0.1, 0.15) is 53.6 Å². The van der Waals surface area contributed by atoms with E-state index in [1.54, 1.807) is 47.8 Å². The average Bonchev–Trinajstić information content (AvgIpc) is 2.75. The number of rotatable bonds is 5. The minimum atomic E-state index is -0.144. The van der Waals surface area contributed by atoms with Gasteiger partial charge in [0.1, 0.15) is 5.15 Å². The zero-order chi connectivity index (χ0) is 20.5. The van der Waals surface area contributed by atoms with Crippen molar-refractivity contribution in [1.82, 2.24) is 14.9 Å². The molecule has 1 aliphatic rings. The molecule has 2 heterocycles. The fourth-order valence-electron chi connectivity index (χ4n) is 3.57. The molecule has 150 valence electrons. The SMILES string of the molecule is N=CN(C(=O)c1ccccnccc(Cc2ccc(Cl)nc2)c1)C1CCCCC1. The summed E-state index contributed by atoms with van der Waals surface area (Å²) in [6.45, 7) is 0. The van der Waals surface area contributed by atoms with E-state index in [-0.39, 0.29) is 11.9 Å². The van der Waals surface area contributed by atoms with Crippen LogP contribution in [0.25, 0.3) is 0 Å². The second-order valence-corrected chi connectivity index (χ2v) is 7.53. The van der Waals surface area contributed by atoms with E-state index in [0.29, 0.717) is 17.1 Å². The predicted octanol–water partition coefficient (Wildman–Crippen LogP) is 5.23. The second-order valence-electron chi connectivity index (χ2n) is 7.14. The summed E-state index contributed by atoms with van der Waals surface area (Å²) in [7, 11) is 0. The molecule has 0 spiro atoms. The molecule has 1 saturated carbocycles. The Hall–Kier alpha value is -2.79. The first-order valence-electron chi connectivity index (χ1n) is 9.88. The maximum atomic E-state index is 13.3. The normalized spacial score (nSPS) is 14.0. The van der Waals surface area contributed by atoms with Gasteiger partial charge in [-0.05, 0) is 60.7 Å². The number of pyridine rings is 1. The lowest BCUT2D eigenvalue weighted by atomic mass is 9.94. The van der Waals surface area contributed by atoms with Crippen LogP contribution >= 0.6 is 11.6 Å². The van der Waals surface area contributed by atoms with Crippen LogP contribution in [0.2, 0.25) is 5.15 Å². The van der Waals surface area contributed by atoms with E-state index in [1.807, 2.05) is 18.2 Å². The van der Waals surface area contributed by atoms with E-state index >= 15 is 0 Å². The Bertz CT molecular complexity index is 893. The van der Waals surface area contributed by atoms with E-state index in [1.165, 1.54) is 12.8 Å². The van der Waals surface area contributed by atoms with Gasteiger partial charge in [0.05, 0.1) is 6.34 Å².